The van der Waals surface area contributed by atoms with E-state index >= 15 is 0 Å². The Bertz CT molecular complexity index is 758. The van der Waals surface area contributed by atoms with Crippen molar-refractivity contribution in [3.63, 3.8) is 0 Å². The summed E-state index contributed by atoms with van der Waals surface area (Å²) in [4.78, 5) is 0.153. The Kier molecular flexibility index (Phi) is 5.57. The highest BCUT2D eigenvalue weighted by molar-refractivity contribution is 7.90. The van der Waals surface area contributed by atoms with E-state index in [0.29, 0.717) is 22.9 Å². The molecule has 0 atom stereocenters. The third-order valence-electron chi connectivity index (χ3n) is 2.80. The zero-order valence-corrected chi connectivity index (χ0v) is 13.6. The van der Waals surface area contributed by atoms with E-state index in [1.165, 1.54) is 18.3 Å². The molecule has 0 aliphatic rings. The predicted molar refractivity (Wildman–Crippen MR) is 88.5 cm³/mol. The van der Waals surface area contributed by atoms with Crippen LogP contribution in [-0.4, -0.2) is 21.2 Å². The Morgan fingerprint density at radius 2 is 1.91 bits per heavy atom. The van der Waals surface area contributed by atoms with Gasteiger partial charge in [0.15, 0.2) is 0 Å². The molecule has 4 nitrogen and oxygen atoms in total. The Morgan fingerprint density at radius 3 is 2.55 bits per heavy atom. The van der Waals surface area contributed by atoms with Gasteiger partial charge in [-0.2, -0.15) is 12.8 Å². The van der Waals surface area contributed by atoms with Crippen LogP contribution in [0.25, 0.3) is 0 Å². The van der Waals surface area contributed by atoms with Gasteiger partial charge in [-0.1, -0.05) is 36.7 Å². The van der Waals surface area contributed by atoms with E-state index in [1.54, 1.807) is 36.4 Å². The van der Waals surface area contributed by atoms with Gasteiger partial charge in [0.05, 0.1) is 16.5 Å². The molecule has 22 heavy (non-hydrogen) atoms. The average Bonchev–Trinajstić information content (AvgIpc) is 2.53. The molecule has 0 aliphatic heterocycles. The van der Waals surface area contributed by atoms with Crippen LogP contribution in [0.5, 0.6) is 5.75 Å². The molecule has 2 aromatic carbocycles. The fourth-order valence-corrected chi connectivity index (χ4v) is 2.84. The SMILES string of the molecule is CCCOc1ccc(/C=N\S(=O)(=O)c2ccccc2)cc1Cl. The fraction of sp³-hybridized carbons (Fsp3) is 0.188. The molecule has 0 N–H and O–H groups in total. The second kappa shape index (κ2) is 7.42. The van der Waals surface area contributed by atoms with Gasteiger partial charge in [-0.05, 0) is 42.3 Å². The summed E-state index contributed by atoms with van der Waals surface area (Å²) >= 11 is 6.10. The summed E-state index contributed by atoms with van der Waals surface area (Å²) in [7, 11) is -3.70. The highest BCUT2D eigenvalue weighted by Crippen LogP contribution is 2.25. The first kappa shape index (κ1) is 16.5. The second-order valence-electron chi connectivity index (χ2n) is 4.56. The van der Waals surface area contributed by atoms with Crippen molar-refractivity contribution < 1.29 is 13.2 Å². The molecular formula is C16H16ClNO3S. The minimum Gasteiger partial charge on any atom is -0.492 e. The van der Waals surface area contributed by atoms with E-state index in [4.69, 9.17) is 16.3 Å². The number of sulfonamides is 1. The maximum absolute atomic E-state index is 12.0. The van der Waals surface area contributed by atoms with Crippen molar-refractivity contribution in [2.75, 3.05) is 6.61 Å². The second-order valence-corrected chi connectivity index (χ2v) is 6.60. The zero-order valence-electron chi connectivity index (χ0n) is 12.1. The van der Waals surface area contributed by atoms with Gasteiger partial charge in [0, 0.05) is 6.21 Å². The van der Waals surface area contributed by atoms with Crippen LogP contribution in [0.2, 0.25) is 5.02 Å². The van der Waals surface area contributed by atoms with Crippen LogP contribution in [0.4, 0.5) is 0 Å². The molecule has 0 aliphatic carbocycles. The molecule has 2 aromatic rings. The van der Waals surface area contributed by atoms with Gasteiger partial charge in [-0.25, -0.2) is 0 Å². The Morgan fingerprint density at radius 1 is 1.18 bits per heavy atom. The van der Waals surface area contributed by atoms with Gasteiger partial charge in [0.25, 0.3) is 10.0 Å². The topological polar surface area (TPSA) is 55.7 Å². The van der Waals surface area contributed by atoms with Crippen molar-refractivity contribution in [1.29, 1.82) is 0 Å². The van der Waals surface area contributed by atoms with Crippen molar-refractivity contribution in [1.82, 2.24) is 0 Å². The van der Waals surface area contributed by atoms with Gasteiger partial charge in [-0.15, -0.1) is 0 Å². The number of hydrogen-bond acceptors (Lipinski definition) is 3. The molecule has 0 spiro atoms. The first-order valence-electron chi connectivity index (χ1n) is 6.80. The van der Waals surface area contributed by atoms with Crippen LogP contribution < -0.4 is 4.74 Å². The Labute approximate surface area is 135 Å². The minimum atomic E-state index is -3.70. The molecule has 0 fully saturated rings. The van der Waals surface area contributed by atoms with Crippen LogP contribution in [-0.2, 0) is 10.0 Å². The summed E-state index contributed by atoms with van der Waals surface area (Å²) in [6, 6.07) is 13.1. The maximum Gasteiger partial charge on any atom is 0.282 e. The molecule has 2 rings (SSSR count). The van der Waals surface area contributed by atoms with Gasteiger partial charge >= 0.3 is 0 Å². The third kappa shape index (κ3) is 4.32. The lowest BCUT2D eigenvalue weighted by atomic mass is 10.2. The lowest BCUT2D eigenvalue weighted by Gasteiger charge is -2.06. The fourth-order valence-electron chi connectivity index (χ4n) is 1.71. The van der Waals surface area contributed by atoms with Crippen LogP contribution >= 0.6 is 11.6 Å². The molecule has 0 saturated heterocycles. The van der Waals surface area contributed by atoms with Gasteiger partial charge in [0.2, 0.25) is 0 Å². The van der Waals surface area contributed by atoms with Crippen molar-refractivity contribution >= 4 is 27.8 Å². The summed E-state index contributed by atoms with van der Waals surface area (Å²) in [6.07, 6.45) is 2.16. The summed E-state index contributed by atoms with van der Waals surface area (Å²) < 4.78 is 33.2. The molecule has 0 bridgehead atoms. The molecule has 0 saturated carbocycles. The van der Waals surface area contributed by atoms with E-state index in [0.717, 1.165) is 6.42 Å². The Balaban J connectivity index is 2.18. The summed E-state index contributed by atoms with van der Waals surface area (Å²) in [5.74, 6) is 0.576. The predicted octanol–water partition coefficient (Wildman–Crippen LogP) is 3.94. The molecule has 0 radical (unpaired) electrons. The van der Waals surface area contributed by atoms with E-state index in [9.17, 15) is 8.42 Å². The molecule has 0 aromatic heterocycles. The van der Waals surface area contributed by atoms with Crippen LogP contribution in [0.15, 0.2) is 57.8 Å². The van der Waals surface area contributed by atoms with E-state index in [-0.39, 0.29) is 4.90 Å². The lowest BCUT2D eigenvalue weighted by molar-refractivity contribution is 0.317. The van der Waals surface area contributed by atoms with Gasteiger partial charge in [-0.3, -0.25) is 0 Å². The Hall–Kier alpha value is -1.85. The normalized spacial score (nSPS) is 11.7. The molecule has 0 heterocycles. The van der Waals surface area contributed by atoms with Crippen molar-refractivity contribution in [2.45, 2.75) is 18.2 Å². The van der Waals surface area contributed by atoms with Crippen molar-refractivity contribution in [3.8, 4) is 5.75 Å². The van der Waals surface area contributed by atoms with Gasteiger partial charge in [0.1, 0.15) is 5.75 Å². The van der Waals surface area contributed by atoms with E-state index < -0.39 is 10.0 Å². The number of rotatable bonds is 6. The first-order chi connectivity index (χ1) is 10.5. The molecular weight excluding hydrogens is 322 g/mol. The highest BCUT2D eigenvalue weighted by atomic mass is 35.5. The van der Waals surface area contributed by atoms with E-state index in [2.05, 4.69) is 4.40 Å². The summed E-state index contributed by atoms with van der Waals surface area (Å²) in [5.41, 5.74) is 0.591. The molecule has 6 heteroatoms. The average molecular weight is 338 g/mol. The number of hydrogen-bond donors (Lipinski definition) is 0. The molecule has 0 unspecified atom stereocenters. The number of halogens is 1. The van der Waals surface area contributed by atoms with Crippen LogP contribution in [0.1, 0.15) is 18.9 Å². The molecule has 0 amide bonds. The number of benzene rings is 2. The van der Waals surface area contributed by atoms with E-state index in [1.807, 2.05) is 6.92 Å². The van der Waals surface area contributed by atoms with Crippen LogP contribution in [0, 0.1) is 0 Å². The van der Waals surface area contributed by atoms with Gasteiger partial charge < -0.3 is 4.74 Å². The standard InChI is InChI=1S/C16H16ClNO3S/c1-2-10-21-16-9-8-13(11-15(16)17)12-18-22(19,20)14-6-4-3-5-7-14/h3-9,11-12H,2,10H2,1H3/b18-12-. The van der Waals surface area contributed by atoms with Crippen LogP contribution in [0.3, 0.4) is 0 Å². The number of nitrogens with zero attached hydrogens (tertiary/aromatic N) is 1. The van der Waals surface area contributed by atoms with Crippen molar-refractivity contribution in [2.24, 2.45) is 4.40 Å². The smallest absolute Gasteiger partial charge is 0.282 e. The monoisotopic (exact) mass is 337 g/mol. The molecule has 116 valence electrons. The summed E-state index contributed by atoms with van der Waals surface area (Å²) in [6.45, 7) is 2.58. The van der Waals surface area contributed by atoms with Crippen molar-refractivity contribution in [3.05, 3.63) is 59.1 Å². The summed E-state index contributed by atoms with van der Waals surface area (Å²) in [5, 5.41) is 0.425. The zero-order chi connectivity index (χ0) is 16.0. The largest absolute Gasteiger partial charge is 0.492 e. The first-order valence-corrected chi connectivity index (χ1v) is 8.62. The number of ether oxygens (including phenoxy) is 1. The highest BCUT2D eigenvalue weighted by Gasteiger charge is 2.10. The quantitative estimate of drug-likeness (QED) is 0.750. The lowest BCUT2D eigenvalue weighted by Crippen LogP contribution is -1.98. The third-order valence-corrected chi connectivity index (χ3v) is 4.35. The maximum atomic E-state index is 12.0. The minimum absolute atomic E-state index is 0.153.